The van der Waals surface area contributed by atoms with Crippen LogP contribution in [0.3, 0.4) is 0 Å². The van der Waals surface area contributed by atoms with Crippen LogP contribution in [0.25, 0.3) is 27.5 Å². The van der Waals surface area contributed by atoms with E-state index in [1.165, 1.54) is 74.4 Å². The first-order valence-corrected chi connectivity index (χ1v) is 18.8. The molecule has 0 radical (unpaired) electrons. The number of carbonyl (C=O) groups is 3. The van der Waals surface area contributed by atoms with E-state index in [0.29, 0.717) is 0 Å². The molecule has 5 heterocycles. The molecule has 61 heavy (non-hydrogen) atoms. The minimum absolute atomic E-state index is 0.0548. The van der Waals surface area contributed by atoms with E-state index in [4.69, 9.17) is 14.2 Å². The third-order valence-corrected chi connectivity index (χ3v) is 10.9. The quantitative estimate of drug-likeness (QED) is 0.123. The summed E-state index contributed by atoms with van der Waals surface area (Å²) >= 11 is 0. The lowest BCUT2D eigenvalue weighted by Gasteiger charge is -2.39. The molecule has 2 saturated heterocycles. The van der Waals surface area contributed by atoms with E-state index in [-0.39, 0.29) is 57.5 Å². The van der Waals surface area contributed by atoms with Crippen LogP contribution >= 0.6 is 0 Å². The van der Waals surface area contributed by atoms with Gasteiger partial charge >= 0.3 is 23.8 Å². The van der Waals surface area contributed by atoms with Crippen LogP contribution in [0.4, 0.5) is 23.2 Å². The van der Waals surface area contributed by atoms with Gasteiger partial charge in [0.2, 0.25) is 6.29 Å². The molecule has 2 aliphatic rings. The Balaban J connectivity index is 1.27. The molecule has 7 atom stereocenters. The molecule has 0 unspecified atom stereocenters. The molecule has 17 nitrogen and oxygen atoms in total. The van der Waals surface area contributed by atoms with Gasteiger partial charge in [0, 0.05) is 49.4 Å². The molecule has 7 rings (SSSR count). The molecule has 0 aliphatic carbocycles. The molecule has 2 fully saturated rings. The first-order valence-electron chi connectivity index (χ1n) is 18.8. The van der Waals surface area contributed by atoms with Crippen LogP contribution < -0.4 is 21.5 Å². The van der Waals surface area contributed by atoms with Gasteiger partial charge in [0.15, 0.2) is 6.10 Å². The number of carbonyl (C=O) groups excluding carboxylic acids is 2. The van der Waals surface area contributed by atoms with E-state index >= 15 is 4.39 Å². The predicted octanol–water partition coefficient (Wildman–Crippen LogP) is 1.90. The van der Waals surface area contributed by atoms with E-state index in [0.717, 1.165) is 15.5 Å². The zero-order chi connectivity index (χ0) is 44.1. The molecule has 2 aromatic carbocycles. The number of rotatable bonds is 9. The third-order valence-electron chi connectivity index (χ3n) is 10.9. The van der Waals surface area contributed by atoms with Crippen molar-refractivity contribution in [3.05, 3.63) is 104 Å². The van der Waals surface area contributed by atoms with E-state index in [1.54, 1.807) is 6.07 Å². The van der Waals surface area contributed by atoms with Gasteiger partial charge in [-0.05, 0) is 48.4 Å². The van der Waals surface area contributed by atoms with Crippen LogP contribution in [0.1, 0.15) is 28.4 Å². The minimum atomic E-state index is -4.72. The number of aromatic nitrogens is 4. The Morgan fingerprint density at radius 1 is 1.07 bits per heavy atom. The van der Waals surface area contributed by atoms with Gasteiger partial charge in [-0.15, -0.1) is 0 Å². The number of aliphatic hydroxyl groups is 2. The lowest BCUT2D eigenvalue weighted by atomic mass is 9.91. The van der Waals surface area contributed by atoms with Gasteiger partial charge in [0.1, 0.15) is 24.0 Å². The average molecular weight is 855 g/mol. The van der Waals surface area contributed by atoms with Crippen molar-refractivity contribution >= 4 is 45.3 Å². The van der Waals surface area contributed by atoms with Gasteiger partial charge in [-0.2, -0.15) is 13.2 Å². The Morgan fingerprint density at radius 3 is 2.52 bits per heavy atom. The Bertz CT molecular complexity index is 2650. The zero-order valence-corrected chi connectivity index (χ0v) is 32.5. The van der Waals surface area contributed by atoms with Gasteiger partial charge in [0.25, 0.3) is 11.5 Å². The third kappa shape index (κ3) is 8.03. The SMILES string of the molecule is Cc1cc(N2CCOC[C@@H]2C(F)(F)F)cc(F)c1C(=O)N[C@@H](Cc1ccc(-n2c(=O)c3ccncc3n(C)c2=O)c2ncccc12)C(=O)O[C@@H]1O[C@H](C(=O)O)[C@@H](C)[C@H](O)[C@H]1O. The van der Waals surface area contributed by atoms with Crippen molar-refractivity contribution in [2.75, 3.05) is 24.7 Å². The number of aliphatic carboxylic acids is 1. The molecular weight excluding hydrogens is 816 g/mol. The van der Waals surface area contributed by atoms with E-state index in [9.17, 15) is 52.5 Å². The molecule has 322 valence electrons. The number of morpholine rings is 1. The topological polar surface area (TPSA) is 225 Å². The van der Waals surface area contributed by atoms with E-state index in [2.05, 4.69) is 15.3 Å². The maximum Gasteiger partial charge on any atom is 0.411 e. The second-order valence-corrected chi connectivity index (χ2v) is 14.7. The second-order valence-electron chi connectivity index (χ2n) is 14.7. The van der Waals surface area contributed by atoms with Gasteiger partial charge in [0.05, 0.1) is 53.2 Å². The number of fused-ring (bicyclic) bond motifs is 2. The fourth-order valence-corrected chi connectivity index (χ4v) is 7.67. The largest absolute Gasteiger partial charge is 0.479 e. The number of carboxylic acid groups (broad SMARTS) is 1. The molecule has 4 N–H and O–H groups in total. The number of ether oxygens (including phenoxy) is 3. The number of benzene rings is 2. The number of pyridine rings is 2. The van der Waals surface area contributed by atoms with E-state index in [1.807, 2.05) is 0 Å². The summed E-state index contributed by atoms with van der Waals surface area (Å²) in [7, 11) is 1.45. The Labute approximate surface area is 341 Å². The second kappa shape index (κ2) is 16.6. The summed E-state index contributed by atoms with van der Waals surface area (Å²) < 4.78 is 75.4. The van der Waals surface area contributed by atoms with Crippen LogP contribution in [-0.4, -0.2) is 115 Å². The van der Waals surface area contributed by atoms with Crippen LogP contribution in [0.5, 0.6) is 0 Å². The normalized spacial score (nSPS) is 22.5. The van der Waals surface area contributed by atoms with Gasteiger partial charge < -0.3 is 39.7 Å². The maximum atomic E-state index is 15.9. The average Bonchev–Trinajstić information content (AvgIpc) is 3.22. The van der Waals surface area contributed by atoms with Crippen LogP contribution in [0, 0.1) is 18.7 Å². The number of hydrogen-bond acceptors (Lipinski definition) is 13. The van der Waals surface area contributed by atoms with Crippen molar-refractivity contribution in [1.29, 1.82) is 0 Å². The number of halogens is 4. The highest BCUT2D eigenvalue weighted by Crippen LogP contribution is 2.34. The number of esters is 1. The number of nitrogens with zero attached hydrogens (tertiary/aromatic N) is 5. The highest BCUT2D eigenvalue weighted by Gasteiger charge is 2.48. The van der Waals surface area contributed by atoms with Crippen molar-refractivity contribution in [2.24, 2.45) is 13.0 Å². The monoisotopic (exact) mass is 854 g/mol. The first-order chi connectivity index (χ1) is 28.9. The van der Waals surface area contributed by atoms with Crippen molar-refractivity contribution in [2.45, 2.75) is 63.1 Å². The standard InChI is InChI=1S/C40H38F4N6O11/c1-18-13-21(49-11-12-59-17-28(49)40(42,43)44)15-24(41)29(18)34(53)47-25(37(57)61-38-32(52)31(51)19(2)33(60-38)36(55)56)14-20-6-7-26(30-22(20)5-4-9-46-30)50-35(54)23-8-10-45-16-27(23)48(3)39(50)58/h4-10,13,15-16,19,25,28,31-33,38,51-52H,11-12,14,17H2,1-3H3,(H,47,53)(H,55,56)/t19-,25-,28+,31-,32+,33-,38-/m0/s1. The van der Waals surface area contributed by atoms with Gasteiger partial charge in [-0.1, -0.05) is 19.1 Å². The van der Waals surface area contributed by atoms with Crippen molar-refractivity contribution in [3.8, 4) is 5.69 Å². The van der Waals surface area contributed by atoms with Crippen LogP contribution in [0.2, 0.25) is 0 Å². The number of alkyl halides is 3. The molecule has 21 heteroatoms. The number of hydrogen-bond donors (Lipinski definition) is 4. The van der Waals surface area contributed by atoms with Gasteiger partial charge in [-0.3, -0.25) is 24.1 Å². The van der Waals surface area contributed by atoms with Crippen LogP contribution in [0.15, 0.2) is 70.6 Å². The molecule has 5 aromatic rings. The molecule has 0 saturated carbocycles. The molecule has 1 amide bonds. The van der Waals surface area contributed by atoms with E-state index < -0.39 is 102 Å². The van der Waals surface area contributed by atoms with Crippen molar-refractivity contribution in [1.82, 2.24) is 24.4 Å². The zero-order valence-electron chi connectivity index (χ0n) is 32.5. The summed E-state index contributed by atoms with van der Waals surface area (Å²) in [6.07, 6.45) is -8.52. The number of nitrogens with one attached hydrogen (secondary N) is 1. The lowest BCUT2D eigenvalue weighted by Crippen LogP contribution is -2.58. The minimum Gasteiger partial charge on any atom is -0.479 e. The lowest BCUT2D eigenvalue weighted by molar-refractivity contribution is -0.274. The summed E-state index contributed by atoms with van der Waals surface area (Å²) in [4.78, 5) is 76.5. The fraction of sp³-hybridized carbons (Fsp3) is 0.375. The first kappa shape index (κ1) is 42.8. The maximum absolute atomic E-state index is 15.9. The molecule has 0 spiro atoms. The summed E-state index contributed by atoms with van der Waals surface area (Å²) in [6.45, 7) is 1.58. The number of anilines is 1. The Morgan fingerprint density at radius 2 is 1.82 bits per heavy atom. The number of aryl methyl sites for hydroxylation is 2. The summed E-state index contributed by atoms with van der Waals surface area (Å²) in [5.41, 5.74) is -1.62. The van der Waals surface area contributed by atoms with Crippen molar-refractivity contribution in [3.63, 3.8) is 0 Å². The molecule has 2 aliphatic heterocycles. The predicted molar refractivity (Wildman–Crippen MR) is 206 cm³/mol. The number of aliphatic hydroxyl groups excluding tert-OH is 2. The van der Waals surface area contributed by atoms with Crippen LogP contribution in [-0.2, 0) is 37.3 Å². The highest BCUT2D eigenvalue weighted by molar-refractivity contribution is 5.99. The summed E-state index contributed by atoms with van der Waals surface area (Å²) in [6, 6.07) is 5.40. The Hall–Kier alpha value is -6.29. The summed E-state index contributed by atoms with van der Waals surface area (Å²) in [5, 5.41) is 33.8. The summed E-state index contributed by atoms with van der Waals surface area (Å²) in [5.74, 6) is -6.45. The van der Waals surface area contributed by atoms with Gasteiger partial charge in [-0.25, -0.2) is 23.3 Å². The number of amides is 1. The Kier molecular flexibility index (Phi) is 11.7. The smallest absolute Gasteiger partial charge is 0.411 e. The molecular formula is C40H38F4N6O11. The fourth-order valence-electron chi connectivity index (χ4n) is 7.67. The highest BCUT2D eigenvalue weighted by atomic mass is 19.4. The molecule has 3 aromatic heterocycles. The number of carboxylic acids is 1. The molecule has 0 bridgehead atoms. The van der Waals surface area contributed by atoms with Crippen molar-refractivity contribution < 1.29 is 61.5 Å².